The van der Waals surface area contributed by atoms with Crippen LogP contribution in [0.5, 0.6) is 0 Å². The molecule has 1 saturated carbocycles. The van der Waals surface area contributed by atoms with Crippen molar-refractivity contribution in [2.24, 2.45) is 5.92 Å². The summed E-state index contributed by atoms with van der Waals surface area (Å²) in [7, 11) is 1.62. The van der Waals surface area contributed by atoms with Crippen LogP contribution in [-0.4, -0.2) is 40.9 Å². The highest BCUT2D eigenvalue weighted by atomic mass is 16.6. The van der Waals surface area contributed by atoms with Gasteiger partial charge in [-0.05, 0) is 12.5 Å². The lowest BCUT2D eigenvalue weighted by Gasteiger charge is -2.21. The summed E-state index contributed by atoms with van der Waals surface area (Å²) in [6.07, 6.45) is -0.763. The Balaban J connectivity index is 1.84. The number of hydrogen-bond acceptors (Lipinski definition) is 5. The van der Waals surface area contributed by atoms with Crippen LogP contribution in [0.2, 0.25) is 0 Å². The van der Waals surface area contributed by atoms with Crippen LogP contribution in [-0.2, 0) is 20.9 Å². The van der Waals surface area contributed by atoms with Crippen molar-refractivity contribution in [2.75, 3.05) is 7.05 Å². The molecule has 1 amide bonds. The van der Waals surface area contributed by atoms with Crippen molar-refractivity contribution in [3.63, 3.8) is 0 Å². The van der Waals surface area contributed by atoms with Crippen molar-refractivity contribution in [1.82, 2.24) is 4.90 Å². The molecule has 1 fully saturated rings. The average Bonchev–Trinajstić information content (AvgIpc) is 3.28. The molecule has 0 saturated heterocycles. The Morgan fingerprint density at radius 3 is 2.59 bits per heavy atom. The summed E-state index contributed by atoms with van der Waals surface area (Å²) in [6.45, 7) is 1.88. The van der Waals surface area contributed by atoms with E-state index in [-0.39, 0.29) is 12.3 Å². The Kier molecular flexibility index (Phi) is 4.75. The summed E-state index contributed by atoms with van der Waals surface area (Å²) >= 11 is 0. The molecule has 3 atom stereocenters. The first kappa shape index (κ1) is 15.9. The van der Waals surface area contributed by atoms with Crippen molar-refractivity contribution in [3.8, 4) is 0 Å². The van der Waals surface area contributed by atoms with Crippen LogP contribution < -0.4 is 0 Å². The van der Waals surface area contributed by atoms with Crippen LogP contribution in [0.25, 0.3) is 0 Å². The van der Waals surface area contributed by atoms with E-state index in [1.54, 1.807) is 7.05 Å². The van der Waals surface area contributed by atoms with Crippen molar-refractivity contribution in [1.29, 1.82) is 0 Å². The van der Waals surface area contributed by atoms with E-state index in [1.807, 2.05) is 30.3 Å². The molecule has 0 aromatic heterocycles. The van der Waals surface area contributed by atoms with E-state index in [0.29, 0.717) is 6.54 Å². The van der Waals surface area contributed by atoms with Gasteiger partial charge in [0.05, 0.1) is 0 Å². The van der Waals surface area contributed by atoms with E-state index >= 15 is 0 Å². The van der Waals surface area contributed by atoms with Gasteiger partial charge >= 0.3 is 5.97 Å². The zero-order chi connectivity index (χ0) is 16.3. The third kappa shape index (κ3) is 3.81. The summed E-state index contributed by atoms with van der Waals surface area (Å²) in [5.74, 6) is -1.73. The quantitative estimate of drug-likeness (QED) is 0.448. The number of carbonyl (C=O) groups is 2. The molecule has 3 unspecified atom stereocenters. The maximum atomic E-state index is 12.2. The van der Waals surface area contributed by atoms with Gasteiger partial charge in [-0.15, -0.1) is 0 Å². The minimum absolute atomic E-state index is 0.187. The molecule has 7 heteroatoms. The fraction of sp³-hybridized carbons (Fsp3) is 0.467. The number of nitro groups is 1. The molecule has 22 heavy (non-hydrogen) atoms. The first-order valence-corrected chi connectivity index (χ1v) is 7.03. The topological polar surface area (TPSA) is 89.7 Å². The van der Waals surface area contributed by atoms with Crippen molar-refractivity contribution >= 4 is 11.9 Å². The third-order valence-electron chi connectivity index (χ3n) is 3.61. The smallest absolute Gasteiger partial charge is 0.316 e. The summed E-state index contributed by atoms with van der Waals surface area (Å²) < 4.78 is 5.04. The molecule has 0 aliphatic heterocycles. The van der Waals surface area contributed by atoms with Gasteiger partial charge < -0.3 is 9.64 Å². The highest BCUT2D eigenvalue weighted by Crippen LogP contribution is 2.34. The van der Waals surface area contributed by atoms with Gasteiger partial charge in [-0.3, -0.25) is 19.7 Å². The molecule has 0 heterocycles. The number of carbonyl (C=O) groups excluding carboxylic acids is 2. The number of likely N-dealkylation sites (N-methyl/N-ethyl adjacent to an activating group) is 1. The van der Waals surface area contributed by atoms with Gasteiger partial charge in [0.2, 0.25) is 6.04 Å². The van der Waals surface area contributed by atoms with Crippen LogP contribution >= 0.6 is 0 Å². The van der Waals surface area contributed by atoms with Gasteiger partial charge in [0.15, 0.2) is 6.10 Å². The zero-order valence-corrected chi connectivity index (χ0v) is 12.5. The van der Waals surface area contributed by atoms with Crippen LogP contribution in [0.15, 0.2) is 30.3 Å². The largest absolute Gasteiger partial charge is 0.452 e. The highest BCUT2D eigenvalue weighted by molar-refractivity contribution is 5.84. The molecule has 0 spiro atoms. The number of nitrogens with zero attached hydrogens (tertiary/aromatic N) is 2. The van der Waals surface area contributed by atoms with Crippen molar-refractivity contribution < 1.29 is 19.2 Å². The van der Waals surface area contributed by atoms with Gasteiger partial charge in [-0.25, -0.2) is 0 Å². The summed E-state index contributed by atoms with van der Waals surface area (Å²) in [5, 5.41) is 10.5. The van der Waals surface area contributed by atoms with Gasteiger partial charge in [-0.2, -0.15) is 0 Å². The Bertz CT molecular complexity index is 575. The molecule has 2 rings (SSSR count). The number of rotatable bonds is 6. The Morgan fingerprint density at radius 1 is 1.41 bits per heavy atom. The van der Waals surface area contributed by atoms with Gasteiger partial charge in [-0.1, -0.05) is 30.3 Å². The summed E-state index contributed by atoms with van der Waals surface area (Å²) in [5.41, 5.74) is 0.965. The van der Waals surface area contributed by atoms with E-state index in [2.05, 4.69) is 0 Å². The molecule has 118 valence electrons. The number of hydrogen-bond donors (Lipinski definition) is 0. The zero-order valence-electron chi connectivity index (χ0n) is 12.5. The fourth-order valence-electron chi connectivity index (χ4n) is 2.23. The normalized spacial score (nSPS) is 20.8. The first-order chi connectivity index (χ1) is 10.4. The lowest BCUT2D eigenvalue weighted by Crippen LogP contribution is -2.37. The lowest BCUT2D eigenvalue weighted by atomic mass is 10.2. The minimum atomic E-state index is -0.950. The maximum absolute atomic E-state index is 12.2. The predicted octanol–water partition coefficient (Wildman–Crippen LogP) is 1.24. The van der Waals surface area contributed by atoms with Crippen molar-refractivity contribution in [2.45, 2.75) is 32.0 Å². The molecule has 1 aromatic carbocycles. The fourth-order valence-corrected chi connectivity index (χ4v) is 2.23. The van der Waals surface area contributed by atoms with Crippen LogP contribution in [0, 0.1) is 16.0 Å². The average molecular weight is 306 g/mol. The number of ether oxygens (including phenoxy) is 1. The van der Waals surface area contributed by atoms with E-state index in [1.165, 1.54) is 11.8 Å². The van der Waals surface area contributed by atoms with E-state index in [9.17, 15) is 19.7 Å². The van der Waals surface area contributed by atoms with Crippen LogP contribution in [0.3, 0.4) is 0 Å². The molecule has 7 nitrogen and oxygen atoms in total. The van der Waals surface area contributed by atoms with Gasteiger partial charge in [0, 0.05) is 24.9 Å². The second-order valence-electron chi connectivity index (χ2n) is 5.45. The molecular weight excluding hydrogens is 288 g/mol. The Labute approximate surface area is 128 Å². The molecule has 0 radical (unpaired) electrons. The number of benzene rings is 1. The predicted molar refractivity (Wildman–Crippen MR) is 77.4 cm³/mol. The summed E-state index contributed by atoms with van der Waals surface area (Å²) in [6, 6.07) is 8.57. The summed E-state index contributed by atoms with van der Waals surface area (Å²) in [4.78, 5) is 35.4. The van der Waals surface area contributed by atoms with E-state index < -0.39 is 29.0 Å². The molecule has 1 aliphatic rings. The van der Waals surface area contributed by atoms with Crippen LogP contribution in [0.4, 0.5) is 0 Å². The lowest BCUT2D eigenvalue weighted by molar-refractivity contribution is -0.497. The van der Waals surface area contributed by atoms with Crippen molar-refractivity contribution in [3.05, 3.63) is 46.0 Å². The van der Waals surface area contributed by atoms with E-state index in [4.69, 9.17) is 4.74 Å². The SMILES string of the molecule is CC(OC(=O)C1CC1[N+](=O)[O-])C(=O)N(C)Cc1ccccc1. The number of esters is 1. The van der Waals surface area contributed by atoms with Gasteiger partial charge in [0.1, 0.15) is 5.92 Å². The molecule has 1 aliphatic carbocycles. The minimum Gasteiger partial charge on any atom is -0.452 e. The van der Waals surface area contributed by atoms with E-state index in [0.717, 1.165) is 5.56 Å². The highest BCUT2D eigenvalue weighted by Gasteiger charge is 2.55. The van der Waals surface area contributed by atoms with Gasteiger partial charge in [0.25, 0.3) is 5.91 Å². The standard InChI is InChI=1S/C15H18N2O5/c1-10(22-15(19)12-8-13(12)17(20)21)14(18)16(2)9-11-6-4-3-5-7-11/h3-7,10,12-13H,8-9H2,1-2H3. The third-order valence-corrected chi connectivity index (χ3v) is 3.61. The second-order valence-corrected chi connectivity index (χ2v) is 5.45. The molecular formula is C15H18N2O5. The Hall–Kier alpha value is -2.44. The van der Waals surface area contributed by atoms with Crippen LogP contribution in [0.1, 0.15) is 18.9 Å². The molecule has 1 aromatic rings. The first-order valence-electron chi connectivity index (χ1n) is 7.03. The molecule has 0 N–H and O–H groups in total. The second kappa shape index (κ2) is 6.55. The maximum Gasteiger partial charge on any atom is 0.316 e. The molecule has 0 bridgehead atoms. The number of amides is 1. The monoisotopic (exact) mass is 306 g/mol. The Morgan fingerprint density at radius 2 is 2.05 bits per heavy atom.